The van der Waals surface area contributed by atoms with Crippen LogP contribution in [0.25, 0.3) is 0 Å². The third-order valence-corrected chi connectivity index (χ3v) is 3.59. The molecule has 0 radical (unpaired) electrons. The third kappa shape index (κ3) is 1.26. The van der Waals surface area contributed by atoms with E-state index in [0.717, 1.165) is 12.8 Å². The van der Waals surface area contributed by atoms with Gasteiger partial charge >= 0.3 is 5.97 Å². The SMILES string of the molecule is CC1C(=O)OC2(C)CCC(O)CC12. The summed E-state index contributed by atoms with van der Waals surface area (Å²) >= 11 is 0. The normalized spacial score (nSPS) is 50.1. The number of hydrogen-bond donors (Lipinski definition) is 1. The maximum absolute atomic E-state index is 11.3. The first-order chi connectivity index (χ1) is 6.03. The molecule has 2 fully saturated rings. The maximum Gasteiger partial charge on any atom is 0.309 e. The zero-order chi connectivity index (χ0) is 9.64. The summed E-state index contributed by atoms with van der Waals surface area (Å²) < 4.78 is 5.36. The van der Waals surface area contributed by atoms with Crippen LogP contribution in [0.15, 0.2) is 0 Å². The fraction of sp³-hybridized carbons (Fsp3) is 0.900. The molecule has 13 heavy (non-hydrogen) atoms. The summed E-state index contributed by atoms with van der Waals surface area (Å²) in [6, 6.07) is 0. The molecule has 74 valence electrons. The van der Waals surface area contributed by atoms with Crippen molar-refractivity contribution < 1.29 is 14.6 Å². The van der Waals surface area contributed by atoms with Crippen LogP contribution in [0.2, 0.25) is 0 Å². The lowest BCUT2D eigenvalue weighted by Gasteiger charge is -2.36. The number of hydrogen-bond acceptors (Lipinski definition) is 3. The first-order valence-electron chi connectivity index (χ1n) is 4.94. The molecule has 0 aromatic carbocycles. The van der Waals surface area contributed by atoms with E-state index in [-0.39, 0.29) is 29.5 Å². The molecule has 1 saturated carbocycles. The smallest absolute Gasteiger partial charge is 0.309 e. The minimum atomic E-state index is -0.296. The Balaban J connectivity index is 2.22. The number of esters is 1. The van der Waals surface area contributed by atoms with Gasteiger partial charge in [-0.05, 0) is 26.2 Å². The predicted octanol–water partition coefficient (Wildman–Crippen LogP) is 1.10. The zero-order valence-corrected chi connectivity index (χ0v) is 8.12. The van der Waals surface area contributed by atoms with Crippen LogP contribution in [0.3, 0.4) is 0 Å². The van der Waals surface area contributed by atoms with Crippen molar-refractivity contribution in [3.63, 3.8) is 0 Å². The van der Waals surface area contributed by atoms with Crippen LogP contribution in [0.4, 0.5) is 0 Å². The monoisotopic (exact) mass is 184 g/mol. The number of aliphatic hydroxyl groups excluding tert-OH is 1. The van der Waals surface area contributed by atoms with Crippen LogP contribution >= 0.6 is 0 Å². The van der Waals surface area contributed by atoms with Crippen molar-refractivity contribution in [2.24, 2.45) is 11.8 Å². The number of carbonyl (C=O) groups excluding carboxylic acids is 1. The third-order valence-electron chi connectivity index (χ3n) is 3.59. The molecule has 4 atom stereocenters. The Bertz CT molecular complexity index is 238. The van der Waals surface area contributed by atoms with Crippen molar-refractivity contribution in [2.75, 3.05) is 0 Å². The molecule has 3 nitrogen and oxygen atoms in total. The fourth-order valence-electron chi connectivity index (χ4n) is 2.65. The van der Waals surface area contributed by atoms with Gasteiger partial charge in [-0.3, -0.25) is 4.79 Å². The van der Waals surface area contributed by atoms with Gasteiger partial charge in [-0.2, -0.15) is 0 Å². The molecule has 0 amide bonds. The highest BCUT2D eigenvalue weighted by Crippen LogP contribution is 2.46. The molecular weight excluding hydrogens is 168 g/mol. The minimum absolute atomic E-state index is 0.0417. The molecule has 0 spiro atoms. The second kappa shape index (κ2) is 2.71. The van der Waals surface area contributed by atoms with E-state index in [4.69, 9.17) is 4.74 Å². The van der Waals surface area contributed by atoms with Gasteiger partial charge in [0.15, 0.2) is 0 Å². The summed E-state index contributed by atoms with van der Waals surface area (Å²) in [4.78, 5) is 11.3. The first-order valence-corrected chi connectivity index (χ1v) is 4.94. The molecule has 1 heterocycles. The van der Waals surface area contributed by atoms with E-state index in [2.05, 4.69) is 0 Å². The van der Waals surface area contributed by atoms with Gasteiger partial charge in [-0.15, -0.1) is 0 Å². The van der Waals surface area contributed by atoms with Gasteiger partial charge in [0.05, 0.1) is 12.0 Å². The average Bonchev–Trinajstić information content (AvgIpc) is 2.28. The largest absolute Gasteiger partial charge is 0.459 e. The highest BCUT2D eigenvalue weighted by Gasteiger charge is 2.52. The van der Waals surface area contributed by atoms with E-state index in [1.165, 1.54) is 0 Å². The second-order valence-electron chi connectivity index (χ2n) is 4.56. The van der Waals surface area contributed by atoms with Gasteiger partial charge < -0.3 is 9.84 Å². The Labute approximate surface area is 78.1 Å². The second-order valence-corrected chi connectivity index (χ2v) is 4.56. The molecule has 2 rings (SSSR count). The van der Waals surface area contributed by atoms with Crippen LogP contribution in [0.5, 0.6) is 0 Å². The van der Waals surface area contributed by atoms with E-state index in [1.54, 1.807) is 0 Å². The van der Waals surface area contributed by atoms with E-state index in [1.807, 2.05) is 13.8 Å². The number of rotatable bonds is 0. The summed E-state index contributed by atoms with van der Waals surface area (Å²) in [6.45, 7) is 3.89. The quantitative estimate of drug-likeness (QED) is 0.573. The van der Waals surface area contributed by atoms with Gasteiger partial charge in [0.25, 0.3) is 0 Å². The topological polar surface area (TPSA) is 46.5 Å². The Morgan fingerprint density at radius 1 is 1.62 bits per heavy atom. The van der Waals surface area contributed by atoms with Crippen LogP contribution < -0.4 is 0 Å². The van der Waals surface area contributed by atoms with Crippen LogP contribution in [0, 0.1) is 11.8 Å². The van der Waals surface area contributed by atoms with Gasteiger partial charge in [0.1, 0.15) is 5.60 Å². The summed E-state index contributed by atoms with van der Waals surface area (Å²) in [5, 5.41) is 9.51. The van der Waals surface area contributed by atoms with Gasteiger partial charge in [-0.1, -0.05) is 6.92 Å². The van der Waals surface area contributed by atoms with Gasteiger partial charge in [0, 0.05) is 5.92 Å². The molecule has 0 aromatic rings. The van der Waals surface area contributed by atoms with Crippen LogP contribution in [-0.2, 0) is 9.53 Å². The predicted molar refractivity (Wildman–Crippen MR) is 47.0 cm³/mol. The van der Waals surface area contributed by atoms with Crippen molar-refractivity contribution in [1.29, 1.82) is 0 Å². The van der Waals surface area contributed by atoms with Crippen molar-refractivity contribution >= 4 is 5.97 Å². The Morgan fingerprint density at radius 3 is 3.00 bits per heavy atom. The molecule has 3 heteroatoms. The van der Waals surface area contributed by atoms with Gasteiger partial charge in [-0.25, -0.2) is 0 Å². The van der Waals surface area contributed by atoms with E-state index in [9.17, 15) is 9.90 Å². The molecule has 1 aliphatic carbocycles. The average molecular weight is 184 g/mol. The lowest BCUT2D eigenvalue weighted by Crippen LogP contribution is -2.40. The lowest BCUT2D eigenvalue weighted by atomic mass is 9.72. The van der Waals surface area contributed by atoms with Gasteiger partial charge in [0.2, 0.25) is 0 Å². The zero-order valence-electron chi connectivity index (χ0n) is 8.12. The first kappa shape index (κ1) is 9.00. The van der Waals surface area contributed by atoms with Crippen molar-refractivity contribution in [1.82, 2.24) is 0 Å². The van der Waals surface area contributed by atoms with Crippen LogP contribution in [-0.4, -0.2) is 22.8 Å². The fourth-order valence-corrected chi connectivity index (χ4v) is 2.65. The summed E-state index contributed by atoms with van der Waals surface area (Å²) in [7, 11) is 0. The highest BCUT2D eigenvalue weighted by atomic mass is 16.6. The van der Waals surface area contributed by atoms with Crippen LogP contribution in [0.1, 0.15) is 33.1 Å². The van der Waals surface area contributed by atoms with Crippen molar-refractivity contribution in [3.05, 3.63) is 0 Å². The lowest BCUT2D eigenvalue weighted by molar-refractivity contribution is -0.151. The minimum Gasteiger partial charge on any atom is -0.459 e. The van der Waals surface area contributed by atoms with E-state index in [0.29, 0.717) is 6.42 Å². The Kier molecular flexibility index (Phi) is 1.88. The molecule has 0 aromatic heterocycles. The molecule has 2 aliphatic rings. The Morgan fingerprint density at radius 2 is 2.31 bits per heavy atom. The molecule has 1 aliphatic heterocycles. The number of carbonyl (C=O) groups is 1. The number of aliphatic hydroxyl groups is 1. The summed E-state index contributed by atoms with van der Waals surface area (Å²) in [5.41, 5.74) is -0.296. The number of ether oxygens (including phenoxy) is 1. The van der Waals surface area contributed by atoms with E-state index >= 15 is 0 Å². The van der Waals surface area contributed by atoms with Crippen molar-refractivity contribution in [3.8, 4) is 0 Å². The molecule has 0 bridgehead atoms. The summed E-state index contributed by atoms with van der Waals surface area (Å²) in [6.07, 6.45) is 2.03. The highest BCUT2D eigenvalue weighted by molar-refractivity contribution is 5.75. The Hall–Kier alpha value is -0.570. The summed E-state index contributed by atoms with van der Waals surface area (Å²) in [5.74, 6) is 0.0744. The van der Waals surface area contributed by atoms with Crippen molar-refractivity contribution in [2.45, 2.75) is 44.8 Å². The molecular formula is C10H16O3. The van der Waals surface area contributed by atoms with E-state index < -0.39 is 0 Å². The molecule has 1 N–H and O–H groups in total. The number of fused-ring (bicyclic) bond motifs is 1. The molecule has 1 saturated heterocycles. The molecule has 4 unspecified atom stereocenters. The maximum atomic E-state index is 11.3. The standard InChI is InChI=1S/C10H16O3/c1-6-8-5-7(11)3-4-10(8,2)13-9(6)12/h6-8,11H,3-5H2,1-2H3.